The average molecular weight is 445 g/mol. The van der Waals surface area contributed by atoms with Crippen LogP contribution in [0.25, 0.3) is 10.2 Å². The van der Waals surface area contributed by atoms with Crippen LogP contribution >= 0.6 is 23.1 Å². The van der Waals surface area contributed by atoms with Crippen molar-refractivity contribution < 1.29 is 19.1 Å². The second-order valence-electron chi connectivity index (χ2n) is 6.37. The van der Waals surface area contributed by atoms with Crippen LogP contribution < -0.4 is 9.54 Å². The van der Waals surface area contributed by atoms with E-state index in [4.69, 9.17) is 9.47 Å². The molecule has 30 heavy (non-hydrogen) atoms. The Bertz CT molecular complexity index is 1100. The van der Waals surface area contributed by atoms with Gasteiger partial charge in [0.05, 0.1) is 30.4 Å². The van der Waals surface area contributed by atoms with E-state index in [1.807, 2.05) is 49.4 Å². The maximum atomic E-state index is 12.6. The summed E-state index contributed by atoms with van der Waals surface area (Å²) in [6, 6.07) is 13.5. The molecule has 3 rings (SSSR count). The lowest BCUT2D eigenvalue weighted by atomic mass is 10.1. The highest BCUT2D eigenvalue weighted by molar-refractivity contribution is 7.99. The Labute approximate surface area is 183 Å². The van der Waals surface area contributed by atoms with Gasteiger partial charge in [0.15, 0.2) is 4.80 Å². The molecule has 6 nitrogen and oxygen atoms in total. The molecule has 0 aliphatic rings. The Hall–Kier alpha value is -2.58. The third kappa shape index (κ3) is 5.52. The number of rotatable bonds is 8. The number of nitrogens with zero attached hydrogens (tertiary/aromatic N) is 2. The normalized spacial score (nSPS) is 11.6. The first-order chi connectivity index (χ1) is 14.5. The molecular weight excluding hydrogens is 420 g/mol. The monoisotopic (exact) mass is 444 g/mol. The standard InChI is InChI=1S/C22H24N2O4S2/c1-4-28-16-8-11-18-19(13-16)30-22(24(18)14-21(26)27-3)23-20(25)12-15-6-9-17(10-7-15)29-5-2/h6-11,13H,4-5,12,14H2,1-3H3. The number of fused-ring (bicyclic) bond motifs is 1. The van der Waals surface area contributed by atoms with Crippen molar-refractivity contribution in [3.63, 3.8) is 0 Å². The molecule has 0 unspecified atom stereocenters. The van der Waals surface area contributed by atoms with Crippen molar-refractivity contribution in [3.05, 3.63) is 52.8 Å². The van der Waals surface area contributed by atoms with E-state index in [1.165, 1.54) is 23.3 Å². The molecule has 158 valence electrons. The van der Waals surface area contributed by atoms with Crippen LogP contribution in [-0.2, 0) is 27.3 Å². The maximum Gasteiger partial charge on any atom is 0.325 e. The van der Waals surface area contributed by atoms with Crippen molar-refractivity contribution in [2.24, 2.45) is 4.99 Å². The third-order valence-corrected chi connectivity index (χ3v) is 6.23. The van der Waals surface area contributed by atoms with Gasteiger partial charge in [0.25, 0.3) is 5.91 Å². The highest BCUT2D eigenvalue weighted by Crippen LogP contribution is 2.24. The molecule has 0 spiro atoms. The Morgan fingerprint density at radius 2 is 1.90 bits per heavy atom. The highest BCUT2D eigenvalue weighted by Gasteiger charge is 2.13. The van der Waals surface area contributed by atoms with Gasteiger partial charge >= 0.3 is 5.97 Å². The number of thiazole rings is 1. The first-order valence-corrected chi connectivity index (χ1v) is 11.5. The number of benzene rings is 2. The third-order valence-electron chi connectivity index (χ3n) is 4.29. The summed E-state index contributed by atoms with van der Waals surface area (Å²) >= 11 is 3.11. The highest BCUT2D eigenvalue weighted by atomic mass is 32.2. The molecule has 8 heteroatoms. The Morgan fingerprint density at radius 3 is 2.57 bits per heavy atom. The number of carbonyl (C=O) groups excluding carboxylic acids is 2. The van der Waals surface area contributed by atoms with Crippen LogP contribution in [0, 0.1) is 0 Å². The summed E-state index contributed by atoms with van der Waals surface area (Å²) in [5.41, 5.74) is 1.71. The van der Waals surface area contributed by atoms with Gasteiger partial charge in [-0.2, -0.15) is 4.99 Å². The quantitative estimate of drug-likeness (QED) is 0.387. The largest absolute Gasteiger partial charge is 0.494 e. The van der Waals surface area contributed by atoms with Gasteiger partial charge in [-0.1, -0.05) is 30.4 Å². The number of hydrogen-bond donors (Lipinski definition) is 0. The number of amides is 1. The summed E-state index contributed by atoms with van der Waals surface area (Å²) in [5, 5.41) is 0. The number of esters is 1. The predicted molar refractivity (Wildman–Crippen MR) is 120 cm³/mol. The molecule has 0 atom stereocenters. The maximum absolute atomic E-state index is 12.6. The summed E-state index contributed by atoms with van der Waals surface area (Å²) < 4.78 is 13.0. The van der Waals surface area contributed by atoms with Crippen LogP contribution in [0.15, 0.2) is 52.4 Å². The zero-order valence-corrected chi connectivity index (χ0v) is 18.8. The topological polar surface area (TPSA) is 69.9 Å². The minimum atomic E-state index is -0.401. The Kier molecular flexibility index (Phi) is 7.70. The molecule has 1 heterocycles. The van der Waals surface area contributed by atoms with Crippen molar-refractivity contribution in [2.75, 3.05) is 19.5 Å². The van der Waals surface area contributed by atoms with E-state index in [0.717, 1.165) is 27.3 Å². The molecule has 0 aliphatic heterocycles. The van der Waals surface area contributed by atoms with E-state index >= 15 is 0 Å². The summed E-state index contributed by atoms with van der Waals surface area (Å²) in [6.07, 6.45) is 0.202. The van der Waals surface area contributed by atoms with Gasteiger partial charge in [-0.3, -0.25) is 9.59 Å². The van der Waals surface area contributed by atoms with E-state index in [1.54, 1.807) is 16.3 Å². The number of methoxy groups -OCH3 is 1. The summed E-state index contributed by atoms with van der Waals surface area (Å²) in [5.74, 6) is 1.08. The first kappa shape index (κ1) is 22.1. The molecule has 1 aromatic heterocycles. The van der Waals surface area contributed by atoms with Crippen LogP contribution in [0.2, 0.25) is 0 Å². The lowest BCUT2D eigenvalue weighted by molar-refractivity contribution is -0.141. The molecule has 0 radical (unpaired) electrons. The number of carbonyl (C=O) groups is 2. The SMILES string of the molecule is CCOc1ccc2c(c1)sc(=NC(=O)Cc1ccc(SCC)cc1)n2CC(=O)OC. The zero-order chi connectivity index (χ0) is 21.5. The molecule has 0 bridgehead atoms. The molecule has 2 aromatic carbocycles. The van der Waals surface area contributed by atoms with Crippen molar-refractivity contribution >= 4 is 45.2 Å². The number of thioether (sulfide) groups is 1. The fourth-order valence-corrected chi connectivity index (χ4v) is 4.67. The lowest BCUT2D eigenvalue weighted by Gasteiger charge is -2.05. The van der Waals surface area contributed by atoms with Crippen LogP contribution in [0.1, 0.15) is 19.4 Å². The van der Waals surface area contributed by atoms with Crippen LogP contribution in [0.3, 0.4) is 0 Å². The average Bonchev–Trinajstić information content (AvgIpc) is 3.05. The summed E-state index contributed by atoms with van der Waals surface area (Å²) in [7, 11) is 1.34. The van der Waals surface area contributed by atoms with Crippen LogP contribution in [-0.4, -0.2) is 35.9 Å². The molecule has 0 N–H and O–H groups in total. The van der Waals surface area contributed by atoms with Crippen LogP contribution in [0.4, 0.5) is 0 Å². The van der Waals surface area contributed by atoms with E-state index in [0.29, 0.717) is 11.4 Å². The molecule has 3 aromatic rings. The predicted octanol–water partition coefficient (Wildman–Crippen LogP) is 4.06. The van der Waals surface area contributed by atoms with Gasteiger partial charge in [0.2, 0.25) is 0 Å². The fraction of sp³-hybridized carbons (Fsp3) is 0.318. The Morgan fingerprint density at radius 1 is 1.13 bits per heavy atom. The first-order valence-electron chi connectivity index (χ1n) is 9.66. The van der Waals surface area contributed by atoms with Crippen molar-refractivity contribution in [2.45, 2.75) is 31.7 Å². The van der Waals surface area contributed by atoms with E-state index in [2.05, 4.69) is 11.9 Å². The minimum Gasteiger partial charge on any atom is -0.494 e. The zero-order valence-electron chi connectivity index (χ0n) is 17.2. The smallest absolute Gasteiger partial charge is 0.325 e. The van der Waals surface area contributed by atoms with E-state index < -0.39 is 5.97 Å². The second kappa shape index (κ2) is 10.4. The van der Waals surface area contributed by atoms with Crippen molar-refractivity contribution in [3.8, 4) is 5.75 Å². The molecule has 0 saturated heterocycles. The lowest BCUT2D eigenvalue weighted by Crippen LogP contribution is -2.22. The molecule has 0 aliphatic carbocycles. The summed E-state index contributed by atoms with van der Waals surface area (Å²) in [4.78, 5) is 30.5. The van der Waals surface area contributed by atoms with Crippen molar-refractivity contribution in [1.29, 1.82) is 0 Å². The minimum absolute atomic E-state index is 0.0144. The van der Waals surface area contributed by atoms with E-state index in [-0.39, 0.29) is 18.9 Å². The van der Waals surface area contributed by atoms with E-state index in [9.17, 15) is 9.59 Å². The van der Waals surface area contributed by atoms with Gasteiger partial charge < -0.3 is 14.0 Å². The summed E-state index contributed by atoms with van der Waals surface area (Å²) in [6.45, 7) is 4.57. The molecule has 0 saturated carbocycles. The molecular formula is C22H24N2O4S2. The molecule has 1 amide bonds. The van der Waals surface area contributed by atoms with Gasteiger partial charge in [0.1, 0.15) is 12.3 Å². The Balaban J connectivity index is 1.93. The fourth-order valence-electron chi connectivity index (χ4n) is 2.93. The number of aromatic nitrogens is 1. The van der Waals surface area contributed by atoms with Crippen molar-refractivity contribution in [1.82, 2.24) is 4.57 Å². The molecule has 0 fully saturated rings. The van der Waals surface area contributed by atoms with Gasteiger partial charge in [-0.05, 0) is 48.6 Å². The second-order valence-corrected chi connectivity index (χ2v) is 8.72. The van der Waals surface area contributed by atoms with Gasteiger partial charge in [-0.25, -0.2) is 0 Å². The number of hydrogen-bond acceptors (Lipinski definition) is 6. The van der Waals surface area contributed by atoms with Crippen LogP contribution in [0.5, 0.6) is 5.75 Å². The van der Waals surface area contributed by atoms with Gasteiger partial charge in [-0.15, -0.1) is 11.8 Å². The number of ether oxygens (including phenoxy) is 2. The van der Waals surface area contributed by atoms with Gasteiger partial charge in [0, 0.05) is 4.90 Å².